The third-order valence-electron chi connectivity index (χ3n) is 2.81. The number of fused-ring (bicyclic) bond motifs is 1. The molecule has 0 N–H and O–H groups in total. The predicted molar refractivity (Wildman–Crippen MR) is 73.8 cm³/mol. The van der Waals surface area contributed by atoms with Crippen molar-refractivity contribution < 1.29 is 9.13 Å². The highest BCUT2D eigenvalue weighted by Crippen LogP contribution is 2.14. The van der Waals surface area contributed by atoms with Crippen LogP contribution in [-0.2, 0) is 11.5 Å². The number of imidazole rings is 1. The van der Waals surface area contributed by atoms with Crippen molar-refractivity contribution in [3.8, 4) is 0 Å². The summed E-state index contributed by atoms with van der Waals surface area (Å²) >= 11 is 0. The number of ether oxygens (including phenoxy) is 1. The molecule has 2 rings (SSSR count). The van der Waals surface area contributed by atoms with E-state index in [1.807, 2.05) is 4.57 Å². The van der Waals surface area contributed by atoms with Crippen molar-refractivity contribution in [3.63, 3.8) is 0 Å². The molecular weight excluding hydrogens is 247 g/mol. The average molecular weight is 266 g/mol. The van der Waals surface area contributed by atoms with Crippen molar-refractivity contribution in [2.45, 2.75) is 32.4 Å². The molecule has 0 aliphatic rings. The summed E-state index contributed by atoms with van der Waals surface area (Å²) in [5, 5.41) is 0. The molecule has 5 heteroatoms. The Morgan fingerprint density at radius 2 is 2.11 bits per heavy atom. The first-order valence-electron chi connectivity index (χ1n) is 6.14. The highest BCUT2D eigenvalue weighted by atomic mass is 28.3. The Kier molecular flexibility index (Phi) is 3.82. The standard InChI is InChI=1S/C13H19FN2OSi/c1-18(2,3)7-6-17-10-16-9-15-12-8-11(14)4-5-13(12)16/h4-5,8-9H,6-7,10H2,1-3H3. The van der Waals surface area contributed by atoms with Gasteiger partial charge in [-0.3, -0.25) is 0 Å². The zero-order valence-corrected chi connectivity index (χ0v) is 12.1. The van der Waals surface area contributed by atoms with E-state index in [1.165, 1.54) is 12.1 Å². The maximum absolute atomic E-state index is 13.0. The molecule has 0 bridgehead atoms. The first-order chi connectivity index (χ1) is 8.46. The van der Waals surface area contributed by atoms with Gasteiger partial charge in [-0.15, -0.1) is 0 Å². The van der Waals surface area contributed by atoms with Crippen LogP contribution in [-0.4, -0.2) is 24.2 Å². The molecule has 0 radical (unpaired) electrons. The largest absolute Gasteiger partial charge is 0.361 e. The van der Waals surface area contributed by atoms with E-state index in [2.05, 4.69) is 24.6 Å². The fourth-order valence-electron chi connectivity index (χ4n) is 1.68. The highest BCUT2D eigenvalue weighted by molar-refractivity contribution is 6.76. The maximum Gasteiger partial charge on any atom is 0.125 e. The lowest BCUT2D eigenvalue weighted by Gasteiger charge is -2.15. The summed E-state index contributed by atoms with van der Waals surface area (Å²) in [5.74, 6) is -0.257. The lowest BCUT2D eigenvalue weighted by atomic mass is 10.3. The molecule has 0 saturated carbocycles. The van der Waals surface area contributed by atoms with Crippen LogP contribution in [0.25, 0.3) is 11.0 Å². The Morgan fingerprint density at radius 3 is 2.83 bits per heavy atom. The molecule has 0 amide bonds. The van der Waals surface area contributed by atoms with Crippen molar-refractivity contribution in [3.05, 3.63) is 30.3 Å². The molecule has 0 aliphatic heterocycles. The van der Waals surface area contributed by atoms with E-state index in [1.54, 1.807) is 12.4 Å². The fraction of sp³-hybridized carbons (Fsp3) is 0.462. The van der Waals surface area contributed by atoms with Gasteiger partial charge in [-0.25, -0.2) is 9.37 Å². The molecular formula is C13H19FN2OSi. The summed E-state index contributed by atoms with van der Waals surface area (Å²) in [7, 11) is -1.04. The Morgan fingerprint density at radius 1 is 1.33 bits per heavy atom. The van der Waals surface area contributed by atoms with Gasteiger partial charge in [0.2, 0.25) is 0 Å². The number of halogens is 1. The van der Waals surface area contributed by atoms with Crippen molar-refractivity contribution >= 4 is 19.1 Å². The highest BCUT2D eigenvalue weighted by Gasteiger charge is 2.12. The van der Waals surface area contributed by atoms with Gasteiger partial charge in [0.05, 0.1) is 17.4 Å². The van der Waals surface area contributed by atoms with Gasteiger partial charge in [-0.2, -0.15) is 0 Å². The van der Waals surface area contributed by atoms with Crippen LogP contribution < -0.4 is 0 Å². The Hall–Kier alpha value is -1.20. The molecule has 2 aromatic rings. The third-order valence-corrected chi connectivity index (χ3v) is 4.51. The van der Waals surface area contributed by atoms with E-state index in [0.29, 0.717) is 12.2 Å². The molecule has 1 heterocycles. The molecule has 1 aromatic heterocycles. The van der Waals surface area contributed by atoms with Crippen LogP contribution in [0.5, 0.6) is 0 Å². The maximum atomic E-state index is 13.0. The molecule has 0 saturated heterocycles. The molecule has 98 valence electrons. The minimum atomic E-state index is -1.04. The summed E-state index contributed by atoms with van der Waals surface area (Å²) in [5.41, 5.74) is 1.58. The van der Waals surface area contributed by atoms with Crippen LogP contribution >= 0.6 is 0 Å². The topological polar surface area (TPSA) is 27.1 Å². The van der Waals surface area contributed by atoms with Crippen LogP contribution in [0.1, 0.15) is 0 Å². The zero-order chi connectivity index (χ0) is 13.2. The SMILES string of the molecule is C[Si](C)(C)CCOCn1cnc2cc(F)ccc21. The van der Waals surface area contributed by atoms with Crippen molar-refractivity contribution in [2.75, 3.05) is 6.61 Å². The zero-order valence-electron chi connectivity index (χ0n) is 11.1. The number of benzene rings is 1. The van der Waals surface area contributed by atoms with Gasteiger partial charge in [0.1, 0.15) is 12.5 Å². The number of hydrogen-bond donors (Lipinski definition) is 0. The minimum absolute atomic E-state index is 0.257. The van der Waals surface area contributed by atoms with Gasteiger partial charge in [0, 0.05) is 20.7 Å². The van der Waals surface area contributed by atoms with Crippen LogP contribution in [0, 0.1) is 5.82 Å². The third kappa shape index (κ3) is 3.40. The van der Waals surface area contributed by atoms with Gasteiger partial charge < -0.3 is 9.30 Å². The second-order valence-electron chi connectivity index (χ2n) is 5.70. The Bertz CT molecular complexity index is 533. The lowest BCUT2D eigenvalue weighted by molar-refractivity contribution is 0.0898. The second-order valence-corrected chi connectivity index (χ2v) is 11.3. The van der Waals surface area contributed by atoms with Crippen LogP contribution in [0.3, 0.4) is 0 Å². The fourth-order valence-corrected chi connectivity index (χ4v) is 2.44. The number of aromatic nitrogens is 2. The summed E-state index contributed by atoms with van der Waals surface area (Å²) < 4.78 is 20.6. The van der Waals surface area contributed by atoms with Crippen LogP contribution in [0.4, 0.5) is 4.39 Å². The van der Waals surface area contributed by atoms with E-state index in [4.69, 9.17) is 4.74 Å². The van der Waals surface area contributed by atoms with Gasteiger partial charge in [-0.1, -0.05) is 19.6 Å². The number of nitrogens with zero attached hydrogens (tertiary/aromatic N) is 2. The molecule has 0 spiro atoms. The van der Waals surface area contributed by atoms with Crippen molar-refractivity contribution in [2.24, 2.45) is 0 Å². The minimum Gasteiger partial charge on any atom is -0.361 e. The van der Waals surface area contributed by atoms with E-state index in [9.17, 15) is 4.39 Å². The molecule has 3 nitrogen and oxygen atoms in total. The molecule has 18 heavy (non-hydrogen) atoms. The first-order valence-corrected chi connectivity index (χ1v) is 9.84. The summed E-state index contributed by atoms with van der Waals surface area (Å²) in [6.07, 6.45) is 1.69. The summed E-state index contributed by atoms with van der Waals surface area (Å²) in [4.78, 5) is 4.16. The van der Waals surface area contributed by atoms with E-state index in [0.717, 1.165) is 18.2 Å². The number of hydrogen-bond acceptors (Lipinski definition) is 2. The second kappa shape index (κ2) is 5.20. The van der Waals surface area contributed by atoms with E-state index in [-0.39, 0.29) is 5.82 Å². The van der Waals surface area contributed by atoms with E-state index >= 15 is 0 Å². The monoisotopic (exact) mass is 266 g/mol. The molecule has 0 atom stereocenters. The van der Waals surface area contributed by atoms with Crippen molar-refractivity contribution in [1.82, 2.24) is 9.55 Å². The van der Waals surface area contributed by atoms with Crippen LogP contribution in [0.15, 0.2) is 24.5 Å². The first kappa shape index (κ1) is 13.2. The Balaban J connectivity index is 1.96. The normalized spacial score (nSPS) is 12.2. The summed E-state index contributed by atoms with van der Waals surface area (Å²) in [6, 6.07) is 5.77. The molecule has 0 unspecified atom stereocenters. The average Bonchev–Trinajstić information content (AvgIpc) is 2.65. The number of rotatable bonds is 5. The molecule has 1 aromatic carbocycles. The predicted octanol–water partition coefficient (Wildman–Crippen LogP) is 3.49. The quantitative estimate of drug-likeness (QED) is 0.612. The summed E-state index contributed by atoms with van der Waals surface area (Å²) in [6.45, 7) is 8.23. The lowest BCUT2D eigenvalue weighted by Crippen LogP contribution is -2.21. The van der Waals surface area contributed by atoms with Gasteiger partial charge >= 0.3 is 0 Å². The van der Waals surface area contributed by atoms with E-state index < -0.39 is 8.07 Å². The van der Waals surface area contributed by atoms with Crippen LogP contribution in [0.2, 0.25) is 25.7 Å². The van der Waals surface area contributed by atoms with Gasteiger partial charge in [0.25, 0.3) is 0 Å². The molecule has 0 fully saturated rings. The molecule has 0 aliphatic carbocycles. The van der Waals surface area contributed by atoms with Gasteiger partial charge in [-0.05, 0) is 18.2 Å². The van der Waals surface area contributed by atoms with Crippen molar-refractivity contribution in [1.29, 1.82) is 0 Å². The Labute approximate surface area is 108 Å². The van der Waals surface area contributed by atoms with Gasteiger partial charge in [0.15, 0.2) is 0 Å². The smallest absolute Gasteiger partial charge is 0.125 e.